The molecule has 2 atom stereocenters. The van der Waals surface area contributed by atoms with Crippen LogP contribution in [-0.2, 0) is 14.3 Å². The van der Waals surface area contributed by atoms with E-state index in [4.69, 9.17) is 19.7 Å². The number of aliphatic carboxylic acids is 1. The van der Waals surface area contributed by atoms with Gasteiger partial charge in [-0.05, 0) is 0 Å². The maximum absolute atomic E-state index is 11.6. The number of hydrogen-bond donors (Lipinski definition) is 2. The number of nitrogens with zero attached hydrogens (tertiary/aromatic N) is 1. The third-order valence-electron chi connectivity index (χ3n) is 2.42. The van der Waals surface area contributed by atoms with Crippen molar-refractivity contribution in [2.45, 2.75) is 18.6 Å². The third kappa shape index (κ3) is 4.34. The third-order valence-corrected chi connectivity index (χ3v) is 2.42. The molecule has 0 spiro atoms. The monoisotopic (exact) mass is 259 g/mol. The van der Waals surface area contributed by atoms with E-state index in [1.54, 1.807) is 0 Å². The molecule has 1 aliphatic rings. The van der Waals surface area contributed by atoms with Crippen molar-refractivity contribution in [1.29, 1.82) is 0 Å². The van der Waals surface area contributed by atoms with Crippen LogP contribution < -0.4 is 0 Å². The van der Waals surface area contributed by atoms with Crippen molar-refractivity contribution in [3.05, 3.63) is 12.7 Å². The highest BCUT2D eigenvalue weighted by Gasteiger charge is 2.32. The Morgan fingerprint density at radius 1 is 1.44 bits per heavy atom. The predicted octanol–water partition coefficient (Wildman–Crippen LogP) is -0.155. The SMILES string of the molecule is C=CCOC(=O)N1C[C@@H](CO)O[C@@H](CC(=O)O)C1. The molecule has 0 aromatic heterocycles. The summed E-state index contributed by atoms with van der Waals surface area (Å²) in [7, 11) is 0. The van der Waals surface area contributed by atoms with Crippen molar-refractivity contribution in [2.75, 3.05) is 26.3 Å². The molecule has 102 valence electrons. The highest BCUT2D eigenvalue weighted by Crippen LogP contribution is 2.15. The molecule has 0 radical (unpaired) electrons. The van der Waals surface area contributed by atoms with E-state index in [2.05, 4.69) is 6.58 Å². The predicted molar refractivity (Wildman–Crippen MR) is 61.1 cm³/mol. The van der Waals surface area contributed by atoms with Gasteiger partial charge in [0.15, 0.2) is 0 Å². The molecular formula is C11H17NO6. The van der Waals surface area contributed by atoms with Gasteiger partial charge in [-0.25, -0.2) is 4.79 Å². The minimum absolute atomic E-state index is 0.0869. The zero-order valence-corrected chi connectivity index (χ0v) is 9.95. The van der Waals surface area contributed by atoms with Gasteiger partial charge in [-0.2, -0.15) is 0 Å². The number of rotatable bonds is 5. The maximum atomic E-state index is 11.6. The van der Waals surface area contributed by atoms with Crippen LogP contribution in [-0.4, -0.2) is 65.7 Å². The molecule has 1 heterocycles. The Hall–Kier alpha value is -1.60. The quantitative estimate of drug-likeness (QED) is 0.666. The number of ether oxygens (including phenoxy) is 2. The standard InChI is InChI=1S/C11H17NO6/c1-2-3-17-11(16)12-5-8(4-10(14)15)18-9(6-12)7-13/h2,8-9,13H,1,3-7H2,(H,14,15)/t8-,9-/m0/s1. The molecule has 1 amide bonds. The molecule has 2 N–H and O–H groups in total. The highest BCUT2D eigenvalue weighted by atomic mass is 16.6. The van der Waals surface area contributed by atoms with Gasteiger partial charge in [0.05, 0.1) is 38.3 Å². The maximum Gasteiger partial charge on any atom is 0.410 e. The summed E-state index contributed by atoms with van der Waals surface area (Å²) in [6.07, 6.45) is -0.561. The van der Waals surface area contributed by atoms with Gasteiger partial charge in [0.1, 0.15) is 6.61 Å². The molecule has 0 saturated carbocycles. The number of carbonyl (C=O) groups is 2. The molecule has 18 heavy (non-hydrogen) atoms. The van der Waals surface area contributed by atoms with Crippen LogP contribution in [0, 0.1) is 0 Å². The lowest BCUT2D eigenvalue weighted by molar-refractivity contribution is -0.147. The first-order valence-corrected chi connectivity index (χ1v) is 5.57. The Balaban J connectivity index is 2.58. The van der Waals surface area contributed by atoms with Gasteiger partial charge >= 0.3 is 12.1 Å². The Morgan fingerprint density at radius 3 is 2.67 bits per heavy atom. The summed E-state index contributed by atoms with van der Waals surface area (Å²) in [6.45, 7) is 3.56. The number of carboxylic acid groups (broad SMARTS) is 1. The van der Waals surface area contributed by atoms with Gasteiger partial charge in [0.25, 0.3) is 0 Å². The van der Waals surface area contributed by atoms with E-state index in [0.717, 1.165) is 0 Å². The molecule has 1 rings (SSSR count). The first-order valence-electron chi connectivity index (χ1n) is 5.57. The molecule has 0 aromatic carbocycles. The fraction of sp³-hybridized carbons (Fsp3) is 0.636. The summed E-state index contributed by atoms with van der Waals surface area (Å²) in [5, 5.41) is 17.8. The number of carboxylic acids is 1. The van der Waals surface area contributed by atoms with Crippen molar-refractivity contribution in [3.8, 4) is 0 Å². The number of carbonyl (C=O) groups excluding carboxylic acids is 1. The van der Waals surface area contributed by atoms with Gasteiger partial charge in [0.2, 0.25) is 0 Å². The van der Waals surface area contributed by atoms with E-state index in [1.165, 1.54) is 11.0 Å². The molecule has 1 aliphatic heterocycles. The average Bonchev–Trinajstić information content (AvgIpc) is 2.34. The lowest BCUT2D eigenvalue weighted by atomic mass is 10.1. The second kappa shape index (κ2) is 6.97. The fourth-order valence-electron chi connectivity index (χ4n) is 1.70. The molecule has 1 fully saturated rings. The van der Waals surface area contributed by atoms with Crippen LogP contribution in [0.1, 0.15) is 6.42 Å². The lowest BCUT2D eigenvalue weighted by Crippen LogP contribution is -2.51. The van der Waals surface area contributed by atoms with E-state index >= 15 is 0 Å². The summed E-state index contributed by atoms with van der Waals surface area (Å²) in [5.41, 5.74) is 0. The van der Waals surface area contributed by atoms with Gasteiger partial charge in [0, 0.05) is 0 Å². The van der Waals surface area contributed by atoms with Crippen molar-refractivity contribution in [3.63, 3.8) is 0 Å². The van der Waals surface area contributed by atoms with Gasteiger partial charge < -0.3 is 24.6 Å². The lowest BCUT2D eigenvalue weighted by Gasteiger charge is -2.36. The smallest absolute Gasteiger partial charge is 0.410 e. The molecule has 0 aliphatic carbocycles. The fourth-order valence-corrected chi connectivity index (χ4v) is 1.70. The summed E-state index contributed by atoms with van der Waals surface area (Å²) >= 11 is 0. The zero-order chi connectivity index (χ0) is 13.5. The number of aliphatic hydroxyl groups excluding tert-OH is 1. The molecule has 7 heteroatoms. The second-order valence-corrected chi connectivity index (χ2v) is 3.93. The van der Waals surface area contributed by atoms with E-state index in [9.17, 15) is 9.59 Å². The van der Waals surface area contributed by atoms with E-state index in [1.807, 2.05) is 0 Å². The van der Waals surface area contributed by atoms with Crippen LogP contribution in [0.2, 0.25) is 0 Å². The number of morpholine rings is 1. The van der Waals surface area contributed by atoms with Gasteiger partial charge in [-0.3, -0.25) is 4.79 Å². The van der Waals surface area contributed by atoms with Crippen molar-refractivity contribution >= 4 is 12.1 Å². The zero-order valence-electron chi connectivity index (χ0n) is 9.95. The van der Waals surface area contributed by atoms with Crippen LogP contribution in [0.5, 0.6) is 0 Å². The van der Waals surface area contributed by atoms with Crippen LogP contribution in [0.15, 0.2) is 12.7 Å². The largest absolute Gasteiger partial charge is 0.481 e. The summed E-state index contributed by atoms with van der Waals surface area (Å²) in [5.74, 6) is -1.02. The Labute approximate surface area is 105 Å². The molecule has 1 saturated heterocycles. The van der Waals surface area contributed by atoms with Crippen LogP contribution >= 0.6 is 0 Å². The Kier molecular flexibility index (Phi) is 5.60. The molecule has 7 nitrogen and oxygen atoms in total. The molecule has 0 unspecified atom stereocenters. The number of aliphatic hydroxyl groups is 1. The minimum Gasteiger partial charge on any atom is -0.481 e. The van der Waals surface area contributed by atoms with Crippen molar-refractivity contribution in [1.82, 2.24) is 4.90 Å². The van der Waals surface area contributed by atoms with E-state index < -0.39 is 24.3 Å². The van der Waals surface area contributed by atoms with Crippen LogP contribution in [0.3, 0.4) is 0 Å². The van der Waals surface area contributed by atoms with Crippen LogP contribution in [0.4, 0.5) is 4.79 Å². The van der Waals surface area contributed by atoms with Gasteiger partial charge in [-0.1, -0.05) is 12.7 Å². The average molecular weight is 259 g/mol. The van der Waals surface area contributed by atoms with Crippen molar-refractivity contribution in [2.24, 2.45) is 0 Å². The van der Waals surface area contributed by atoms with Crippen LogP contribution in [0.25, 0.3) is 0 Å². The van der Waals surface area contributed by atoms with E-state index in [-0.39, 0.29) is 32.7 Å². The summed E-state index contributed by atoms with van der Waals surface area (Å²) in [6, 6.07) is 0. The Bertz CT molecular complexity index is 319. The van der Waals surface area contributed by atoms with Gasteiger partial charge in [-0.15, -0.1) is 0 Å². The molecule has 0 bridgehead atoms. The van der Waals surface area contributed by atoms with E-state index in [0.29, 0.717) is 0 Å². The molecule has 0 aromatic rings. The summed E-state index contributed by atoms with van der Waals surface area (Å²) in [4.78, 5) is 23.6. The highest BCUT2D eigenvalue weighted by molar-refractivity contribution is 5.69. The number of hydrogen-bond acceptors (Lipinski definition) is 5. The Morgan fingerprint density at radius 2 is 2.11 bits per heavy atom. The summed E-state index contributed by atoms with van der Waals surface area (Å²) < 4.78 is 10.2. The normalized spacial score (nSPS) is 23.5. The number of amides is 1. The first kappa shape index (κ1) is 14.5. The topological polar surface area (TPSA) is 96.3 Å². The first-order chi connectivity index (χ1) is 8.56. The van der Waals surface area contributed by atoms with Crippen molar-refractivity contribution < 1.29 is 29.3 Å². The molecular weight excluding hydrogens is 242 g/mol. The second-order valence-electron chi connectivity index (χ2n) is 3.93. The minimum atomic E-state index is -1.02.